The fourth-order valence-electron chi connectivity index (χ4n) is 1.10. The summed E-state index contributed by atoms with van der Waals surface area (Å²) in [5, 5.41) is 2.61. The van der Waals surface area contributed by atoms with Crippen LogP contribution in [0.4, 0.5) is 0 Å². The van der Waals surface area contributed by atoms with Crippen molar-refractivity contribution in [3.63, 3.8) is 0 Å². The molecule has 15 heavy (non-hydrogen) atoms. The van der Waals surface area contributed by atoms with Gasteiger partial charge < -0.3 is 5.32 Å². The summed E-state index contributed by atoms with van der Waals surface area (Å²) in [6, 6.07) is 7.75. The minimum Gasteiger partial charge on any atom is -0.345 e. The zero-order chi connectivity index (χ0) is 11.1. The highest BCUT2D eigenvalue weighted by molar-refractivity contribution is 5.73. The number of amides is 1. The number of nitrogens with one attached hydrogen (secondary N) is 1. The molecule has 0 heterocycles. The fraction of sp³-hybridized carbons (Fsp3) is 0.154. The molecule has 0 aromatic heterocycles. The van der Waals surface area contributed by atoms with E-state index >= 15 is 0 Å². The summed E-state index contributed by atoms with van der Waals surface area (Å²) in [5.74, 6) is 5.79. The molecular formula is C13H13NO. The van der Waals surface area contributed by atoms with Crippen LogP contribution in [0.1, 0.15) is 18.1 Å². The van der Waals surface area contributed by atoms with E-state index in [0.717, 1.165) is 11.1 Å². The van der Waals surface area contributed by atoms with Crippen molar-refractivity contribution in [1.29, 1.82) is 0 Å². The average Bonchev–Trinajstić information content (AvgIpc) is 2.24. The third kappa shape index (κ3) is 3.70. The highest BCUT2D eigenvalue weighted by Crippen LogP contribution is 2.07. The van der Waals surface area contributed by atoms with Gasteiger partial charge in [-0.3, -0.25) is 4.79 Å². The number of carbonyl (C=O) groups is 1. The van der Waals surface area contributed by atoms with Crippen LogP contribution < -0.4 is 5.32 Å². The molecular weight excluding hydrogens is 186 g/mol. The SMILES string of the molecule is C=Cc1ccccc1C#CCNC(C)=O. The molecule has 1 rings (SSSR count). The highest BCUT2D eigenvalue weighted by atomic mass is 16.1. The van der Waals surface area contributed by atoms with Crippen molar-refractivity contribution in [1.82, 2.24) is 5.32 Å². The third-order valence-corrected chi connectivity index (χ3v) is 1.83. The molecule has 0 unspecified atom stereocenters. The van der Waals surface area contributed by atoms with Gasteiger partial charge in [0.25, 0.3) is 0 Å². The van der Waals surface area contributed by atoms with E-state index < -0.39 is 0 Å². The lowest BCUT2D eigenvalue weighted by atomic mass is 10.1. The average molecular weight is 199 g/mol. The molecule has 2 heteroatoms. The zero-order valence-electron chi connectivity index (χ0n) is 8.71. The first-order valence-corrected chi connectivity index (χ1v) is 4.69. The van der Waals surface area contributed by atoms with Crippen molar-refractivity contribution in [3.05, 3.63) is 42.0 Å². The minimum atomic E-state index is -0.0682. The van der Waals surface area contributed by atoms with E-state index in [9.17, 15) is 4.79 Å². The normalized spacial score (nSPS) is 8.60. The molecule has 0 aliphatic heterocycles. The summed E-state index contributed by atoms with van der Waals surface area (Å²) in [4.78, 5) is 10.6. The van der Waals surface area contributed by atoms with E-state index in [2.05, 4.69) is 23.7 Å². The molecule has 0 saturated heterocycles. The molecule has 0 spiro atoms. The van der Waals surface area contributed by atoms with E-state index in [-0.39, 0.29) is 5.91 Å². The molecule has 0 atom stereocenters. The van der Waals surface area contributed by atoms with Crippen molar-refractivity contribution < 1.29 is 4.79 Å². The van der Waals surface area contributed by atoms with Crippen LogP contribution in [0.5, 0.6) is 0 Å². The Hall–Kier alpha value is -2.01. The van der Waals surface area contributed by atoms with Gasteiger partial charge in [0.2, 0.25) is 5.91 Å². The van der Waals surface area contributed by atoms with Crippen LogP contribution in [0, 0.1) is 11.8 Å². The van der Waals surface area contributed by atoms with Crippen molar-refractivity contribution >= 4 is 12.0 Å². The van der Waals surface area contributed by atoms with Gasteiger partial charge in [0.05, 0.1) is 6.54 Å². The second-order valence-corrected chi connectivity index (χ2v) is 3.00. The predicted molar refractivity (Wildman–Crippen MR) is 62.1 cm³/mol. The molecule has 76 valence electrons. The second-order valence-electron chi connectivity index (χ2n) is 3.00. The highest BCUT2D eigenvalue weighted by Gasteiger charge is 1.92. The smallest absolute Gasteiger partial charge is 0.217 e. The number of rotatable bonds is 2. The van der Waals surface area contributed by atoms with Crippen LogP contribution in [-0.4, -0.2) is 12.5 Å². The van der Waals surface area contributed by atoms with Crippen LogP contribution >= 0.6 is 0 Å². The molecule has 1 aromatic rings. The maximum absolute atomic E-state index is 10.6. The summed E-state index contributed by atoms with van der Waals surface area (Å²) < 4.78 is 0. The summed E-state index contributed by atoms with van der Waals surface area (Å²) >= 11 is 0. The lowest BCUT2D eigenvalue weighted by Crippen LogP contribution is -2.19. The minimum absolute atomic E-state index is 0.0682. The lowest BCUT2D eigenvalue weighted by Gasteiger charge is -1.96. The molecule has 0 fully saturated rings. The number of hydrogen-bond donors (Lipinski definition) is 1. The fourth-order valence-corrected chi connectivity index (χ4v) is 1.10. The van der Waals surface area contributed by atoms with E-state index in [1.165, 1.54) is 6.92 Å². The largest absolute Gasteiger partial charge is 0.345 e. The van der Waals surface area contributed by atoms with Gasteiger partial charge >= 0.3 is 0 Å². The monoisotopic (exact) mass is 199 g/mol. The first-order chi connectivity index (χ1) is 7.24. The Morgan fingerprint density at radius 3 is 2.93 bits per heavy atom. The van der Waals surface area contributed by atoms with Crippen molar-refractivity contribution in [2.45, 2.75) is 6.92 Å². The van der Waals surface area contributed by atoms with Gasteiger partial charge in [0.1, 0.15) is 0 Å². The molecule has 1 N–H and O–H groups in total. The Kier molecular flexibility index (Phi) is 4.18. The molecule has 0 saturated carbocycles. The van der Waals surface area contributed by atoms with Crippen molar-refractivity contribution in [2.24, 2.45) is 0 Å². The molecule has 0 radical (unpaired) electrons. The molecule has 0 aliphatic carbocycles. The first kappa shape index (κ1) is 11.1. The summed E-state index contributed by atoms with van der Waals surface area (Å²) in [5.41, 5.74) is 1.94. The standard InChI is InChI=1S/C13H13NO/c1-3-12-7-4-5-8-13(12)9-6-10-14-11(2)15/h3-5,7-8H,1,10H2,2H3,(H,14,15). The Morgan fingerprint density at radius 2 is 2.27 bits per heavy atom. The second kappa shape index (κ2) is 5.66. The number of benzene rings is 1. The van der Waals surface area contributed by atoms with Crippen LogP contribution in [0.15, 0.2) is 30.8 Å². The lowest BCUT2D eigenvalue weighted by molar-refractivity contribution is -0.118. The van der Waals surface area contributed by atoms with E-state index in [4.69, 9.17) is 0 Å². The molecule has 1 aromatic carbocycles. The van der Waals surface area contributed by atoms with Gasteiger partial charge in [-0.1, -0.05) is 42.7 Å². The molecule has 1 amide bonds. The van der Waals surface area contributed by atoms with Gasteiger partial charge in [-0.05, 0) is 11.6 Å². The van der Waals surface area contributed by atoms with Crippen LogP contribution in [0.3, 0.4) is 0 Å². The Labute approximate surface area is 90.0 Å². The quantitative estimate of drug-likeness (QED) is 0.723. The van der Waals surface area contributed by atoms with Crippen LogP contribution in [0.2, 0.25) is 0 Å². The Bertz CT molecular complexity index is 424. The maximum atomic E-state index is 10.6. The Morgan fingerprint density at radius 1 is 1.53 bits per heavy atom. The number of hydrogen-bond acceptors (Lipinski definition) is 1. The Balaban J connectivity index is 2.70. The van der Waals surface area contributed by atoms with Gasteiger partial charge in [-0.2, -0.15) is 0 Å². The molecule has 2 nitrogen and oxygen atoms in total. The molecule has 0 bridgehead atoms. The van der Waals surface area contributed by atoms with E-state index in [0.29, 0.717) is 6.54 Å². The van der Waals surface area contributed by atoms with E-state index in [1.807, 2.05) is 24.3 Å². The van der Waals surface area contributed by atoms with Gasteiger partial charge in [0.15, 0.2) is 0 Å². The van der Waals surface area contributed by atoms with Gasteiger partial charge in [-0.25, -0.2) is 0 Å². The first-order valence-electron chi connectivity index (χ1n) is 4.69. The maximum Gasteiger partial charge on any atom is 0.217 e. The third-order valence-electron chi connectivity index (χ3n) is 1.83. The summed E-state index contributed by atoms with van der Waals surface area (Å²) in [6.45, 7) is 5.56. The van der Waals surface area contributed by atoms with Crippen LogP contribution in [-0.2, 0) is 4.79 Å². The zero-order valence-corrected chi connectivity index (χ0v) is 8.71. The molecule has 0 aliphatic rings. The predicted octanol–water partition coefficient (Wildman–Crippen LogP) is 1.82. The van der Waals surface area contributed by atoms with Crippen molar-refractivity contribution in [2.75, 3.05) is 6.54 Å². The topological polar surface area (TPSA) is 29.1 Å². The van der Waals surface area contributed by atoms with Gasteiger partial charge in [-0.15, -0.1) is 0 Å². The van der Waals surface area contributed by atoms with Gasteiger partial charge in [0, 0.05) is 12.5 Å². The van der Waals surface area contributed by atoms with Crippen LogP contribution in [0.25, 0.3) is 6.08 Å². The summed E-state index contributed by atoms with van der Waals surface area (Å²) in [7, 11) is 0. The number of carbonyl (C=O) groups excluding carboxylic acids is 1. The van der Waals surface area contributed by atoms with E-state index in [1.54, 1.807) is 6.08 Å². The summed E-state index contributed by atoms with van der Waals surface area (Å²) in [6.07, 6.45) is 1.77. The van der Waals surface area contributed by atoms with Crippen molar-refractivity contribution in [3.8, 4) is 11.8 Å².